The Hall–Kier alpha value is -3.12. The molecule has 0 bridgehead atoms. The van der Waals surface area contributed by atoms with Gasteiger partial charge in [-0.05, 0) is 66.7 Å². The minimum atomic E-state index is 0.189. The molecule has 0 aliphatic heterocycles. The fourth-order valence-electron chi connectivity index (χ4n) is 2.40. The van der Waals surface area contributed by atoms with Gasteiger partial charge in [0.1, 0.15) is 17.2 Å². The number of benzene rings is 3. The number of aromatic hydroxyl groups is 1. The molecule has 1 N–H and O–H groups in total. The van der Waals surface area contributed by atoms with Crippen molar-refractivity contribution in [3.63, 3.8) is 0 Å². The Balaban J connectivity index is 1.53. The van der Waals surface area contributed by atoms with Crippen LogP contribution >= 0.6 is 15.9 Å². The zero-order valence-corrected chi connectivity index (χ0v) is 15.1. The molecular weight excluding hydrogens is 396 g/mol. The number of phenols is 1. The number of rotatable bonds is 4. The topological polar surface area (TPSA) is 68.4 Å². The van der Waals surface area contributed by atoms with Crippen LogP contribution < -0.4 is 4.74 Å². The second-order valence-electron chi connectivity index (χ2n) is 5.55. The number of ether oxygens (including phenoxy) is 1. The summed E-state index contributed by atoms with van der Waals surface area (Å²) in [6.45, 7) is 0. The predicted octanol–water partition coefficient (Wildman–Crippen LogP) is 5.66. The van der Waals surface area contributed by atoms with Crippen LogP contribution in [0.25, 0.3) is 22.8 Å². The number of phenolic OH excluding ortho intramolecular Hbond substituents is 1. The number of halogens is 1. The molecule has 0 saturated heterocycles. The van der Waals surface area contributed by atoms with Crippen LogP contribution in [0.5, 0.6) is 17.2 Å². The maximum absolute atomic E-state index is 9.35. The summed E-state index contributed by atoms with van der Waals surface area (Å²) in [7, 11) is 0. The van der Waals surface area contributed by atoms with Gasteiger partial charge in [-0.15, -0.1) is 0 Å². The van der Waals surface area contributed by atoms with Gasteiger partial charge in [0, 0.05) is 15.6 Å². The average Bonchev–Trinajstić information content (AvgIpc) is 3.13. The van der Waals surface area contributed by atoms with Crippen LogP contribution in [0.15, 0.2) is 81.8 Å². The summed E-state index contributed by atoms with van der Waals surface area (Å²) in [5.74, 6) is 2.54. The average molecular weight is 409 g/mol. The predicted molar refractivity (Wildman–Crippen MR) is 101 cm³/mol. The molecule has 0 fully saturated rings. The van der Waals surface area contributed by atoms with Gasteiger partial charge in [0.25, 0.3) is 5.89 Å². The molecule has 0 aliphatic rings. The summed E-state index contributed by atoms with van der Waals surface area (Å²) < 4.78 is 12.1. The van der Waals surface area contributed by atoms with Crippen LogP contribution in [0.4, 0.5) is 0 Å². The molecule has 1 aromatic heterocycles. The van der Waals surface area contributed by atoms with Crippen LogP contribution in [-0.4, -0.2) is 15.2 Å². The van der Waals surface area contributed by atoms with Crippen molar-refractivity contribution < 1.29 is 14.4 Å². The van der Waals surface area contributed by atoms with Crippen molar-refractivity contribution in [2.45, 2.75) is 0 Å². The summed E-state index contributed by atoms with van der Waals surface area (Å²) >= 11 is 3.42. The van der Waals surface area contributed by atoms with Crippen LogP contribution in [0.3, 0.4) is 0 Å². The summed E-state index contributed by atoms with van der Waals surface area (Å²) in [5, 5.41) is 13.4. The smallest absolute Gasteiger partial charge is 0.258 e. The Labute approximate surface area is 158 Å². The van der Waals surface area contributed by atoms with Crippen molar-refractivity contribution in [3.05, 3.63) is 77.3 Å². The van der Waals surface area contributed by atoms with Crippen LogP contribution in [-0.2, 0) is 0 Å². The van der Waals surface area contributed by atoms with Crippen molar-refractivity contribution in [1.29, 1.82) is 0 Å². The van der Waals surface area contributed by atoms with E-state index in [2.05, 4.69) is 26.1 Å². The zero-order chi connectivity index (χ0) is 17.9. The van der Waals surface area contributed by atoms with E-state index in [0.29, 0.717) is 17.5 Å². The largest absolute Gasteiger partial charge is 0.508 e. The standard InChI is InChI=1S/C20H13BrN2O3/c21-15-2-1-3-18(12-15)25-17-10-6-13(7-11-17)19-22-20(26-23-19)14-4-8-16(24)9-5-14/h1-12,24H. The van der Waals surface area contributed by atoms with Gasteiger partial charge in [-0.25, -0.2) is 0 Å². The van der Waals surface area contributed by atoms with Crippen molar-refractivity contribution in [2.24, 2.45) is 0 Å². The molecule has 3 aromatic carbocycles. The molecule has 0 saturated carbocycles. The second kappa shape index (κ2) is 7.01. The lowest BCUT2D eigenvalue weighted by Crippen LogP contribution is -1.85. The molecule has 0 atom stereocenters. The van der Waals surface area contributed by atoms with Crippen molar-refractivity contribution in [3.8, 4) is 40.1 Å². The van der Waals surface area contributed by atoms with Gasteiger partial charge < -0.3 is 14.4 Å². The number of hydrogen-bond donors (Lipinski definition) is 1. The highest BCUT2D eigenvalue weighted by molar-refractivity contribution is 9.10. The van der Waals surface area contributed by atoms with Gasteiger partial charge >= 0.3 is 0 Å². The number of aromatic nitrogens is 2. The Bertz CT molecular complexity index is 1030. The van der Waals surface area contributed by atoms with E-state index in [1.54, 1.807) is 24.3 Å². The maximum atomic E-state index is 9.35. The van der Waals surface area contributed by atoms with Crippen LogP contribution in [0.2, 0.25) is 0 Å². The first-order chi connectivity index (χ1) is 12.7. The normalized spacial score (nSPS) is 10.7. The second-order valence-corrected chi connectivity index (χ2v) is 6.47. The lowest BCUT2D eigenvalue weighted by molar-refractivity contribution is 0.432. The third-order valence-corrected chi connectivity index (χ3v) is 4.18. The monoisotopic (exact) mass is 408 g/mol. The summed E-state index contributed by atoms with van der Waals surface area (Å²) in [6, 6.07) is 21.7. The minimum absolute atomic E-state index is 0.189. The number of nitrogens with zero attached hydrogens (tertiary/aromatic N) is 2. The first kappa shape index (κ1) is 16.4. The molecule has 0 amide bonds. The lowest BCUT2D eigenvalue weighted by Gasteiger charge is -2.06. The van der Waals surface area contributed by atoms with Crippen molar-refractivity contribution >= 4 is 15.9 Å². The van der Waals surface area contributed by atoms with Gasteiger partial charge in [0.05, 0.1) is 0 Å². The van der Waals surface area contributed by atoms with Crippen LogP contribution in [0.1, 0.15) is 0 Å². The molecule has 0 radical (unpaired) electrons. The molecule has 26 heavy (non-hydrogen) atoms. The minimum Gasteiger partial charge on any atom is -0.508 e. The van der Waals surface area contributed by atoms with Crippen molar-refractivity contribution in [1.82, 2.24) is 10.1 Å². The molecule has 4 rings (SSSR count). The maximum Gasteiger partial charge on any atom is 0.258 e. The van der Waals surface area contributed by atoms with Gasteiger partial charge in [-0.2, -0.15) is 4.98 Å². The Morgan fingerprint density at radius 2 is 1.58 bits per heavy atom. The molecule has 4 aromatic rings. The van der Waals surface area contributed by atoms with Gasteiger partial charge in [0.2, 0.25) is 5.82 Å². The Kier molecular flexibility index (Phi) is 4.41. The quantitative estimate of drug-likeness (QED) is 0.471. The van der Waals surface area contributed by atoms with E-state index >= 15 is 0 Å². The zero-order valence-electron chi connectivity index (χ0n) is 13.5. The van der Waals surface area contributed by atoms with E-state index in [9.17, 15) is 5.11 Å². The fourth-order valence-corrected chi connectivity index (χ4v) is 2.78. The molecule has 0 unspecified atom stereocenters. The van der Waals surface area contributed by atoms with Gasteiger partial charge in [-0.3, -0.25) is 0 Å². The van der Waals surface area contributed by atoms with E-state index in [4.69, 9.17) is 9.26 Å². The Morgan fingerprint density at radius 1 is 0.846 bits per heavy atom. The molecular formula is C20H13BrN2O3. The first-order valence-corrected chi connectivity index (χ1v) is 8.64. The fraction of sp³-hybridized carbons (Fsp3) is 0. The van der Waals surface area contributed by atoms with Gasteiger partial charge in [0.15, 0.2) is 0 Å². The van der Waals surface area contributed by atoms with E-state index in [0.717, 1.165) is 21.3 Å². The van der Waals surface area contributed by atoms with Crippen molar-refractivity contribution in [2.75, 3.05) is 0 Å². The van der Waals surface area contributed by atoms with E-state index < -0.39 is 0 Å². The molecule has 0 aliphatic carbocycles. The third-order valence-electron chi connectivity index (χ3n) is 3.68. The van der Waals surface area contributed by atoms with Gasteiger partial charge in [-0.1, -0.05) is 27.2 Å². The van der Waals surface area contributed by atoms with E-state index in [1.165, 1.54) is 0 Å². The Morgan fingerprint density at radius 3 is 2.31 bits per heavy atom. The SMILES string of the molecule is Oc1ccc(-c2nc(-c3ccc(Oc4cccc(Br)c4)cc3)no2)cc1. The summed E-state index contributed by atoms with van der Waals surface area (Å²) in [4.78, 5) is 4.40. The number of hydrogen-bond acceptors (Lipinski definition) is 5. The molecule has 0 spiro atoms. The highest BCUT2D eigenvalue weighted by atomic mass is 79.9. The third kappa shape index (κ3) is 3.60. The summed E-state index contributed by atoms with van der Waals surface area (Å²) in [6.07, 6.45) is 0. The van der Waals surface area contributed by atoms with E-state index in [1.807, 2.05) is 48.5 Å². The molecule has 6 heteroatoms. The highest BCUT2D eigenvalue weighted by Crippen LogP contribution is 2.28. The first-order valence-electron chi connectivity index (χ1n) is 7.84. The summed E-state index contributed by atoms with van der Waals surface area (Å²) in [5.41, 5.74) is 1.57. The van der Waals surface area contributed by atoms with E-state index in [-0.39, 0.29) is 5.75 Å². The highest BCUT2D eigenvalue weighted by Gasteiger charge is 2.11. The lowest BCUT2D eigenvalue weighted by atomic mass is 10.2. The molecule has 1 heterocycles. The molecule has 5 nitrogen and oxygen atoms in total. The molecule has 128 valence electrons. The van der Waals surface area contributed by atoms with Crippen LogP contribution in [0, 0.1) is 0 Å².